The fraction of sp³-hybridized carbons (Fsp3) is 1.00. The minimum atomic E-state index is -0.503. The quantitative estimate of drug-likeness (QED) is 0.537. The molecule has 0 aliphatic rings. The van der Waals surface area contributed by atoms with Gasteiger partial charge in [0.15, 0.2) is 0 Å². The molecule has 0 N–H and O–H groups in total. The monoisotopic (exact) mass is 148 g/mol. The second kappa shape index (κ2) is 3.69. The van der Waals surface area contributed by atoms with Crippen LogP contribution in [0.5, 0.6) is 0 Å². The fourth-order valence-corrected chi connectivity index (χ4v) is 1.08. The first-order valence-corrected chi connectivity index (χ1v) is 4.45. The van der Waals surface area contributed by atoms with Crippen molar-refractivity contribution in [2.45, 2.75) is 52.2 Å². The van der Waals surface area contributed by atoms with Gasteiger partial charge in [0, 0.05) is 0 Å². The topological polar surface area (TPSA) is 0 Å². The normalized spacial score (nSPS) is 13.5. The second-order valence-corrected chi connectivity index (χ2v) is 4.03. The highest BCUT2D eigenvalue weighted by molar-refractivity contribution is 6.40. The standard InChI is InChI=1S/C9H18B2/c1-5-7-9(10,11)8(3,4)6-2/h5-7H2,1-4H3. The van der Waals surface area contributed by atoms with E-state index in [0.717, 1.165) is 19.3 Å². The lowest BCUT2D eigenvalue weighted by molar-refractivity contribution is 0.280. The third-order valence-corrected chi connectivity index (χ3v) is 2.81. The van der Waals surface area contributed by atoms with Crippen LogP contribution in [0.1, 0.15) is 47.0 Å². The Morgan fingerprint density at radius 2 is 1.55 bits per heavy atom. The predicted molar refractivity (Wildman–Crippen MR) is 53.2 cm³/mol. The Labute approximate surface area is 74.0 Å². The van der Waals surface area contributed by atoms with Crippen molar-refractivity contribution in [2.24, 2.45) is 5.41 Å². The van der Waals surface area contributed by atoms with Gasteiger partial charge in [-0.25, -0.2) is 0 Å². The zero-order chi connectivity index (χ0) is 9.12. The molecule has 0 aliphatic carbocycles. The van der Waals surface area contributed by atoms with Crippen molar-refractivity contribution in [1.29, 1.82) is 0 Å². The van der Waals surface area contributed by atoms with E-state index in [1.54, 1.807) is 0 Å². The summed E-state index contributed by atoms with van der Waals surface area (Å²) in [6.07, 6.45) is 2.98. The molecular weight excluding hydrogens is 130 g/mol. The van der Waals surface area contributed by atoms with Gasteiger partial charge in [0.25, 0.3) is 0 Å². The summed E-state index contributed by atoms with van der Waals surface area (Å²) in [5.74, 6) is 0. The van der Waals surface area contributed by atoms with Crippen LogP contribution in [0.3, 0.4) is 0 Å². The SMILES string of the molecule is [B]C([B])(CCC)C(C)(C)CC. The molecule has 0 heterocycles. The molecular formula is C9H18B2. The number of hydrogen-bond donors (Lipinski definition) is 0. The van der Waals surface area contributed by atoms with Crippen molar-refractivity contribution in [1.82, 2.24) is 0 Å². The minimum Gasteiger partial charge on any atom is -0.0941 e. The van der Waals surface area contributed by atoms with Gasteiger partial charge in [-0.3, -0.25) is 0 Å². The molecule has 0 saturated heterocycles. The van der Waals surface area contributed by atoms with E-state index in [0.29, 0.717) is 0 Å². The molecule has 0 unspecified atom stereocenters. The van der Waals surface area contributed by atoms with Crippen molar-refractivity contribution in [3.63, 3.8) is 0 Å². The third kappa shape index (κ3) is 2.57. The van der Waals surface area contributed by atoms with Crippen LogP contribution in [0.2, 0.25) is 5.21 Å². The van der Waals surface area contributed by atoms with Crippen LogP contribution in [0.25, 0.3) is 0 Å². The van der Waals surface area contributed by atoms with E-state index in [1.807, 2.05) is 0 Å². The van der Waals surface area contributed by atoms with Crippen molar-refractivity contribution < 1.29 is 0 Å². The maximum absolute atomic E-state index is 5.99. The van der Waals surface area contributed by atoms with Crippen LogP contribution in [0.15, 0.2) is 0 Å². The summed E-state index contributed by atoms with van der Waals surface area (Å²) in [7, 11) is 12.0. The minimum absolute atomic E-state index is 0.0447. The molecule has 0 aromatic carbocycles. The zero-order valence-corrected chi connectivity index (χ0v) is 8.28. The maximum atomic E-state index is 5.99. The van der Waals surface area contributed by atoms with Gasteiger partial charge in [0.05, 0.1) is 15.7 Å². The Morgan fingerprint density at radius 3 is 1.82 bits per heavy atom. The molecule has 2 heteroatoms. The lowest BCUT2D eigenvalue weighted by atomic mass is 9.41. The van der Waals surface area contributed by atoms with E-state index in [1.165, 1.54) is 0 Å². The van der Waals surface area contributed by atoms with Gasteiger partial charge < -0.3 is 0 Å². The molecule has 60 valence electrons. The van der Waals surface area contributed by atoms with E-state index >= 15 is 0 Å². The lowest BCUT2D eigenvalue weighted by Crippen LogP contribution is -2.31. The average molecular weight is 148 g/mol. The van der Waals surface area contributed by atoms with Crippen LogP contribution in [-0.4, -0.2) is 15.7 Å². The predicted octanol–water partition coefficient (Wildman–Crippen LogP) is 2.68. The van der Waals surface area contributed by atoms with Gasteiger partial charge in [-0.15, -0.1) is 0 Å². The van der Waals surface area contributed by atoms with Gasteiger partial charge in [-0.1, -0.05) is 52.2 Å². The Kier molecular flexibility index (Phi) is 3.73. The largest absolute Gasteiger partial charge is 0.0941 e. The van der Waals surface area contributed by atoms with E-state index in [-0.39, 0.29) is 5.41 Å². The molecule has 0 rings (SSSR count). The van der Waals surface area contributed by atoms with Crippen LogP contribution < -0.4 is 0 Å². The second-order valence-electron chi connectivity index (χ2n) is 4.03. The fourth-order valence-electron chi connectivity index (χ4n) is 1.08. The highest BCUT2D eigenvalue weighted by atomic mass is 14.3. The smallest absolute Gasteiger partial charge is 0.0627 e. The molecule has 0 aromatic rings. The summed E-state index contributed by atoms with van der Waals surface area (Å²) < 4.78 is 0. The summed E-state index contributed by atoms with van der Waals surface area (Å²) in [5, 5.41) is -0.503. The first kappa shape index (κ1) is 11.1. The van der Waals surface area contributed by atoms with Crippen LogP contribution in [0, 0.1) is 5.41 Å². The first-order valence-electron chi connectivity index (χ1n) is 4.45. The van der Waals surface area contributed by atoms with Crippen molar-refractivity contribution in [3.8, 4) is 0 Å². The summed E-state index contributed by atoms with van der Waals surface area (Å²) in [5.41, 5.74) is 0.0447. The third-order valence-electron chi connectivity index (χ3n) is 2.81. The van der Waals surface area contributed by atoms with E-state index in [4.69, 9.17) is 15.7 Å². The van der Waals surface area contributed by atoms with Gasteiger partial charge in [-0.2, -0.15) is 0 Å². The number of rotatable bonds is 4. The van der Waals surface area contributed by atoms with E-state index < -0.39 is 5.21 Å². The van der Waals surface area contributed by atoms with Gasteiger partial charge in [0.1, 0.15) is 0 Å². The molecule has 0 bridgehead atoms. The van der Waals surface area contributed by atoms with E-state index in [2.05, 4.69) is 27.7 Å². The molecule has 4 radical (unpaired) electrons. The summed E-state index contributed by atoms with van der Waals surface area (Å²) >= 11 is 0. The highest BCUT2D eigenvalue weighted by Crippen LogP contribution is 2.45. The lowest BCUT2D eigenvalue weighted by Gasteiger charge is -2.42. The summed E-state index contributed by atoms with van der Waals surface area (Å²) in [6, 6.07) is 0. The molecule has 0 aromatic heterocycles. The molecule has 0 fully saturated rings. The molecule has 0 atom stereocenters. The van der Waals surface area contributed by atoms with Crippen LogP contribution in [0.4, 0.5) is 0 Å². The first-order chi connectivity index (χ1) is 4.87. The Morgan fingerprint density at radius 1 is 1.09 bits per heavy atom. The Balaban J connectivity index is 4.26. The Bertz CT molecular complexity index is 117. The highest BCUT2D eigenvalue weighted by Gasteiger charge is 2.32. The van der Waals surface area contributed by atoms with E-state index in [9.17, 15) is 0 Å². The Hall–Kier alpha value is 0.130. The molecule has 0 amide bonds. The van der Waals surface area contributed by atoms with Gasteiger partial charge in [0.2, 0.25) is 0 Å². The van der Waals surface area contributed by atoms with Crippen molar-refractivity contribution >= 4 is 15.7 Å². The molecule has 0 saturated carbocycles. The zero-order valence-electron chi connectivity index (χ0n) is 8.28. The van der Waals surface area contributed by atoms with Crippen LogP contribution in [-0.2, 0) is 0 Å². The molecule has 0 aliphatic heterocycles. The summed E-state index contributed by atoms with van der Waals surface area (Å²) in [4.78, 5) is 0. The van der Waals surface area contributed by atoms with Gasteiger partial charge in [-0.05, 0) is 5.41 Å². The number of hydrogen-bond acceptors (Lipinski definition) is 0. The molecule has 0 nitrogen and oxygen atoms in total. The van der Waals surface area contributed by atoms with Crippen molar-refractivity contribution in [2.75, 3.05) is 0 Å². The van der Waals surface area contributed by atoms with Crippen molar-refractivity contribution in [3.05, 3.63) is 0 Å². The van der Waals surface area contributed by atoms with Crippen LogP contribution >= 0.6 is 0 Å². The summed E-state index contributed by atoms with van der Waals surface area (Å²) in [6.45, 7) is 8.50. The molecule has 11 heavy (non-hydrogen) atoms. The average Bonchev–Trinajstić information content (AvgIpc) is 1.87. The maximum Gasteiger partial charge on any atom is 0.0627 e. The van der Waals surface area contributed by atoms with Gasteiger partial charge >= 0.3 is 0 Å². The molecule has 0 spiro atoms.